The lowest BCUT2D eigenvalue weighted by atomic mass is 10.1. The third-order valence-corrected chi connectivity index (χ3v) is 5.16. The average Bonchev–Trinajstić information content (AvgIpc) is 2.88. The van der Waals surface area contributed by atoms with E-state index in [1.165, 1.54) is 0 Å². The van der Waals surface area contributed by atoms with Crippen LogP contribution in [0.25, 0.3) is 0 Å². The Kier molecular flexibility index (Phi) is 5.74. The van der Waals surface area contributed by atoms with Crippen molar-refractivity contribution in [3.63, 3.8) is 0 Å². The molecule has 132 valence electrons. The van der Waals surface area contributed by atoms with Crippen molar-refractivity contribution in [2.45, 2.75) is 25.3 Å². The zero-order chi connectivity index (χ0) is 16.9. The molecule has 3 rings (SSSR count). The summed E-state index contributed by atoms with van der Waals surface area (Å²) < 4.78 is 5.47. The summed E-state index contributed by atoms with van der Waals surface area (Å²) in [5.74, 6) is 0.161. The summed E-state index contributed by atoms with van der Waals surface area (Å²) in [6, 6.07) is 8.55. The minimum absolute atomic E-state index is 0.161. The minimum atomic E-state index is 0.161. The van der Waals surface area contributed by atoms with Crippen molar-refractivity contribution < 1.29 is 9.53 Å². The van der Waals surface area contributed by atoms with Crippen molar-refractivity contribution in [3.8, 4) is 0 Å². The average molecular weight is 331 g/mol. The summed E-state index contributed by atoms with van der Waals surface area (Å²) >= 11 is 0. The number of rotatable bonds is 3. The lowest BCUT2D eigenvalue weighted by molar-refractivity contribution is 0.0351. The number of benzene rings is 1. The number of carbonyl (C=O) groups excluding carboxylic acids is 1. The van der Waals surface area contributed by atoms with Gasteiger partial charge in [0.2, 0.25) is 0 Å². The van der Waals surface area contributed by atoms with Crippen molar-refractivity contribution in [2.75, 3.05) is 58.4 Å². The highest BCUT2D eigenvalue weighted by Gasteiger charge is 2.25. The molecule has 1 aromatic carbocycles. The van der Waals surface area contributed by atoms with Gasteiger partial charge in [-0.25, -0.2) is 0 Å². The van der Waals surface area contributed by atoms with Gasteiger partial charge in [0.25, 0.3) is 5.91 Å². The lowest BCUT2D eigenvalue weighted by Crippen LogP contribution is -2.42. The van der Waals surface area contributed by atoms with Gasteiger partial charge in [-0.3, -0.25) is 9.69 Å². The highest BCUT2D eigenvalue weighted by molar-refractivity contribution is 5.94. The van der Waals surface area contributed by atoms with Gasteiger partial charge in [-0.05, 0) is 43.5 Å². The van der Waals surface area contributed by atoms with Gasteiger partial charge in [0.15, 0.2) is 0 Å². The summed E-state index contributed by atoms with van der Waals surface area (Å²) in [7, 11) is 4.02. The first-order chi connectivity index (χ1) is 11.6. The molecule has 2 aliphatic rings. The van der Waals surface area contributed by atoms with E-state index >= 15 is 0 Å². The number of hydrogen-bond acceptors (Lipinski definition) is 4. The quantitative estimate of drug-likeness (QED) is 0.850. The van der Waals surface area contributed by atoms with E-state index < -0.39 is 0 Å². The zero-order valence-electron chi connectivity index (χ0n) is 14.9. The molecule has 0 spiro atoms. The fourth-order valence-electron chi connectivity index (χ4n) is 3.64. The Morgan fingerprint density at radius 1 is 1.04 bits per heavy atom. The Bertz CT molecular complexity index is 538. The Hall–Kier alpha value is -1.59. The van der Waals surface area contributed by atoms with E-state index in [2.05, 4.69) is 4.90 Å². The minimum Gasteiger partial charge on any atom is -0.381 e. The van der Waals surface area contributed by atoms with Crippen molar-refractivity contribution in [2.24, 2.45) is 0 Å². The van der Waals surface area contributed by atoms with E-state index in [1.54, 1.807) is 0 Å². The van der Waals surface area contributed by atoms with Gasteiger partial charge in [-0.1, -0.05) is 0 Å². The topological polar surface area (TPSA) is 36.0 Å². The van der Waals surface area contributed by atoms with E-state index in [1.807, 2.05) is 48.2 Å². The van der Waals surface area contributed by atoms with Crippen LogP contribution in [0.2, 0.25) is 0 Å². The zero-order valence-corrected chi connectivity index (χ0v) is 14.9. The molecule has 0 radical (unpaired) electrons. The molecule has 0 unspecified atom stereocenters. The molecule has 0 aromatic heterocycles. The standard InChI is InChI=1S/C19H29N3O2/c1-20(2)17-6-4-16(5-7-17)19(23)22-11-3-10-21(12-13-22)18-8-14-24-15-9-18/h4-7,18H,3,8-15H2,1-2H3. The maximum atomic E-state index is 12.8. The maximum absolute atomic E-state index is 12.8. The molecule has 2 aliphatic heterocycles. The fourth-order valence-corrected chi connectivity index (χ4v) is 3.64. The molecule has 0 saturated carbocycles. The summed E-state index contributed by atoms with van der Waals surface area (Å²) in [4.78, 5) is 19.4. The highest BCUT2D eigenvalue weighted by Crippen LogP contribution is 2.18. The Morgan fingerprint density at radius 2 is 1.75 bits per heavy atom. The van der Waals surface area contributed by atoms with Gasteiger partial charge in [0.05, 0.1) is 0 Å². The van der Waals surface area contributed by atoms with E-state index in [9.17, 15) is 4.79 Å². The van der Waals surface area contributed by atoms with Crippen LogP contribution in [-0.4, -0.2) is 75.2 Å². The van der Waals surface area contributed by atoms with Gasteiger partial charge in [-0.15, -0.1) is 0 Å². The van der Waals surface area contributed by atoms with E-state index in [4.69, 9.17) is 4.74 Å². The van der Waals surface area contributed by atoms with E-state index in [-0.39, 0.29) is 5.91 Å². The molecule has 2 saturated heterocycles. The largest absolute Gasteiger partial charge is 0.381 e. The number of hydrogen-bond donors (Lipinski definition) is 0. The number of nitrogens with zero attached hydrogens (tertiary/aromatic N) is 3. The summed E-state index contributed by atoms with van der Waals surface area (Å²) in [6.07, 6.45) is 3.30. The van der Waals surface area contributed by atoms with E-state index in [0.29, 0.717) is 6.04 Å². The molecule has 1 aromatic rings. The second kappa shape index (κ2) is 7.99. The van der Waals surface area contributed by atoms with Crippen LogP contribution in [0.5, 0.6) is 0 Å². The number of anilines is 1. The van der Waals surface area contributed by atoms with E-state index in [0.717, 1.165) is 69.9 Å². The summed E-state index contributed by atoms with van der Waals surface area (Å²) in [6.45, 7) is 5.50. The number of carbonyl (C=O) groups is 1. The van der Waals surface area contributed by atoms with Crippen LogP contribution in [0, 0.1) is 0 Å². The van der Waals surface area contributed by atoms with Gasteiger partial charge in [0, 0.05) is 70.8 Å². The second-order valence-corrected chi connectivity index (χ2v) is 6.97. The first kappa shape index (κ1) is 17.2. The molecule has 2 heterocycles. The molecule has 2 fully saturated rings. The molecule has 5 nitrogen and oxygen atoms in total. The van der Waals surface area contributed by atoms with Crippen LogP contribution in [0.4, 0.5) is 5.69 Å². The predicted molar refractivity (Wildman–Crippen MR) is 96.7 cm³/mol. The highest BCUT2D eigenvalue weighted by atomic mass is 16.5. The predicted octanol–water partition coefficient (Wildman–Crippen LogP) is 2.08. The molecule has 0 N–H and O–H groups in total. The Labute approximate surface area is 145 Å². The fraction of sp³-hybridized carbons (Fsp3) is 0.632. The van der Waals surface area contributed by atoms with Gasteiger partial charge in [-0.2, -0.15) is 0 Å². The SMILES string of the molecule is CN(C)c1ccc(C(=O)N2CCCN(C3CCOCC3)CC2)cc1. The third-order valence-electron chi connectivity index (χ3n) is 5.16. The summed E-state index contributed by atoms with van der Waals surface area (Å²) in [5, 5.41) is 0. The molecule has 0 bridgehead atoms. The first-order valence-electron chi connectivity index (χ1n) is 9.03. The van der Waals surface area contributed by atoms with Crippen LogP contribution < -0.4 is 4.90 Å². The number of ether oxygens (including phenoxy) is 1. The van der Waals surface area contributed by atoms with Gasteiger partial charge in [0.1, 0.15) is 0 Å². The van der Waals surface area contributed by atoms with Crippen molar-refractivity contribution in [3.05, 3.63) is 29.8 Å². The Balaban J connectivity index is 1.59. The van der Waals surface area contributed by atoms with Crippen molar-refractivity contribution >= 4 is 11.6 Å². The monoisotopic (exact) mass is 331 g/mol. The molecular weight excluding hydrogens is 302 g/mol. The third kappa shape index (κ3) is 4.08. The van der Waals surface area contributed by atoms with Crippen LogP contribution in [-0.2, 0) is 4.74 Å². The molecule has 24 heavy (non-hydrogen) atoms. The van der Waals surface area contributed by atoms with Crippen LogP contribution in [0.15, 0.2) is 24.3 Å². The maximum Gasteiger partial charge on any atom is 0.253 e. The van der Waals surface area contributed by atoms with Gasteiger partial charge < -0.3 is 14.5 Å². The smallest absolute Gasteiger partial charge is 0.253 e. The Morgan fingerprint density at radius 3 is 2.42 bits per heavy atom. The van der Waals surface area contributed by atoms with Gasteiger partial charge >= 0.3 is 0 Å². The molecule has 0 atom stereocenters. The van der Waals surface area contributed by atoms with Crippen LogP contribution in [0.1, 0.15) is 29.6 Å². The van der Waals surface area contributed by atoms with Crippen LogP contribution >= 0.6 is 0 Å². The summed E-state index contributed by atoms with van der Waals surface area (Å²) in [5.41, 5.74) is 1.91. The molecular formula is C19H29N3O2. The normalized spacial score (nSPS) is 20.7. The molecule has 5 heteroatoms. The van der Waals surface area contributed by atoms with Crippen LogP contribution in [0.3, 0.4) is 0 Å². The number of amides is 1. The molecule has 0 aliphatic carbocycles. The lowest BCUT2D eigenvalue weighted by Gasteiger charge is -2.33. The molecule has 1 amide bonds. The van der Waals surface area contributed by atoms with Crippen molar-refractivity contribution in [1.82, 2.24) is 9.80 Å². The first-order valence-corrected chi connectivity index (χ1v) is 9.03. The second-order valence-electron chi connectivity index (χ2n) is 6.97. The van der Waals surface area contributed by atoms with Crippen molar-refractivity contribution in [1.29, 1.82) is 0 Å².